The second-order valence-corrected chi connectivity index (χ2v) is 5.27. The number of nitrogens with one attached hydrogen (secondary N) is 1. The van der Waals surface area contributed by atoms with Crippen molar-refractivity contribution in [3.63, 3.8) is 0 Å². The molecule has 0 amide bonds. The number of pyridine rings is 1. The standard InChI is InChI=1S/C15H24N2O/c1-12-7-4-3-5-9-14(12)17-11-13-8-6-10-16-15(13)18-2/h6,8,10,12,14,17H,3-5,7,9,11H2,1-2H3. The predicted molar refractivity (Wildman–Crippen MR) is 73.7 cm³/mol. The highest BCUT2D eigenvalue weighted by Crippen LogP contribution is 2.23. The molecule has 1 heterocycles. The molecule has 1 aromatic rings. The van der Waals surface area contributed by atoms with Crippen LogP contribution in [0.1, 0.15) is 44.6 Å². The highest BCUT2D eigenvalue weighted by molar-refractivity contribution is 5.25. The van der Waals surface area contributed by atoms with Crippen molar-refractivity contribution in [1.82, 2.24) is 10.3 Å². The fourth-order valence-electron chi connectivity index (χ4n) is 2.78. The third-order valence-corrected chi connectivity index (χ3v) is 3.96. The van der Waals surface area contributed by atoms with Crippen LogP contribution in [0.25, 0.3) is 0 Å². The Bertz CT molecular complexity index is 367. The Morgan fingerprint density at radius 2 is 2.17 bits per heavy atom. The maximum Gasteiger partial charge on any atom is 0.217 e. The number of aromatic nitrogens is 1. The topological polar surface area (TPSA) is 34.1 Å². The molecule has 2 unspecified atom stereocenters. The van der Waals surface area contributed by atoms with Gasteiger partial charge in [-0.1, -0.05) is 32.3 Å². The van der Waals surface area contributed by atoms with Gasteiger partial charge in [0.25, 0.3) is 0 Å². The molecule has 100 valence electrons. The molecular formula is C15H24N2O. The van der Waals surface area contributed by atoms with E-state index in [1.807, 2.05) is 6.07 Å². The van der Waals surface area contributed by atoms with Crippen LogP contribution in [0.5, 0.6) is 5.88 Å². The Morgan fingerprint density at radius 1 is 1.33 bits per heavy atom. The normalized spacial score (nSPS) is 24.6. The zero-order chi connectivity index (χ0) is 12.8. The zero-order valence-corrected chi connectivity index (χ0v) is 11.5. The summed E-state index contributed by atoms with van der Waals surface area (Å²) in [6, 6.07) is 4.69. The molecule has 2 atom stereocenters. The van der Waals surface area contributed by atoms with Crippen molar-refractivity contribution in [1.29, 1.82) is 0 Å². The highest BCUT2D eigenvalue weighted by atomic mass is 16.5. The first-order valence-corrected chi connectivity index (χ1v) is 7.02. The smallest absolute Gasteiger partial charge is 0.217 e. The number of hydrogen-bond acceptors (Lipinski definition) is 3. The second-order valence-electron chi connectivity index (χ2n) is 5.27. The van der Waals surface area contributed by atoms with E-state index in [2.05, 4.69) is 23.3 Å². The van der Waals surface area contributed by atoms with Crippen molar-refractivity contribution in [2.45, 2.75) is 51.6 Å². The average Bonchev–Trinajstić information content (AvgIpc) is 2.61. The van der Waals surface area contributed by atoms with Crippen molar-refractivity contribution < 1.29 is 4.74 Å². The third kappa shape index (κ3) is 3.45. The summed E-state index contributed by atoms with van der Waals surface area (Å²) >= 11 is 0. The van der Waals surface area contributed by atoms with Gasteiger partial charge in [-0.25, -0.2) is 4.98 Å². The van der Waals surface area contributed by atoms with Crippen LogP contribution in [0.4, 0.5) is 0 Å². The van der Waals surface area contributed by atoms with Crippen LogP contribution in [-0.4, -0.2) is 18.1 Å². The summed E-state index contributed by atoms with van der Waals surface area (Å²) in [5.41, 5.74) is 1.15. The first kappa shape index (κ1) is 13.3. The molecule has 2 rings (SSSR count). The van der Waals surface area contributed by atoms with Crippen LogP contribution in [-0.2, 0) is 6.54 Å². The van der Waals surface area contributed by atoms with E-state index in [1.165, 1.54) is 32.1 Å². The van der Waals surface area contributed by atoms with Gasteiger partial charge in [0.1, 0.15) is 0 Å². The van der Waals surface area contributed by atoms with Crippen LogP contribution in [0, 0.1) is 5.92 Å². The minimum Gasteiger partial charge on any atom is -0.481 e. The van der Waals surface area contributed by atoms with E-state index in [4.69, 9.17) is 4.74 Å². The van der Waals surface area contributed by atoms with Gasteiger partial charge in [0.05, 0.1) is 7.11 Å². The van der Waals surface area contributed by atoms with Crippen LogP contribution in [0.3, 0.4) is 0 Å². The molecule has 0 spiro atoms. The molecule has 0 radical (unpaired) electrons. The van der Waals surface area contributed by atoms with Gasteiger partial charge in [0, 0.05) is 24.3 Å². The first-order valence-electron chi connectivity index (χ1n) is 7.02. The van der Waals surface area contributed by atoms with E-state index < -0.39 is 0 Å². The van der Waals surface area contributed by atoms with Crippen molar-refractivity contribution in [3.8, 4) is 5.88 Å². The number of rotatable bonds is 4. The van der Waals surface area contributed by atoms with E-state index in [1.54, 1.807) is 13.3 Å². The van der Waals surface area contributed by atoms with Gasteiger partial charge in [-0.2, -0.15) is 0 Å². The molecule has 3 nitrogen and oxygen atoms in total. The maximum absolute atomic E-state index is 5.29. The molecule has 1 aliphatic rings. The van der Waals surface area contributed by atoms with E-state index in [9.17, 15) is 0 Å². The van der Waals surface area contributed by atoms with E-state index in [0.29, 0.717) is 6.04 Å². The second kappa shape index (κ2) is 6.74. The zero-order valence-electron chi connectivity index (χ0n) is 11.5. The SMILES string of the molecule is COc1ncccc1CNC1CCCCCC1C. The van der Waals surface area contributed by atoms with E-state index in [0.717, 1.165) is 23.9 Å². The lowest BCUT2D eigenvalue weighted by molar-refractivity contribution is 0.348. The Kier molecular flexibility index (Phi) is 5.00. The first-order chi connectivity index (χ1) is 8.81. The lowest BCUT2D eigenvalue weighted by Crippen LogP contribution is -2.33. The summed E-state index contributed by atoms with van der Waals surface area (Å²) in [5.74, 6) is 1.52. The van der Waals surface area contributed by atoms with Crippen molar-refractivity contribution in [2.75, 3.05) is 7.11 Å². The molecule has 1 saturated carbocycles. The molecule has 0 aromatic carbocycles. The summed E-state index contributed by atoms with van der Waals surface area (Å²) in [6.45, 7) is 3.22. The highest BCUT2D eigenvalue weighted by Gasteiger charge is 2.19. The van der Waals surface area contributed by atoms with E-state index >= 15 is 0 Å². The Balaban J connectivity index is 1.93. The molecule has 18 heavy (non-hydrogen) atoms. The molecule has 1 aromatic heterocycles. The minimum absolute atomic E-state index is 0.636. The molecular weight excluding hydrogens is 224 g/mol. The van der Waals surface area contributed by atoms with Gasteiger partial charge in [-0.05, 0) is 24.8 Å². The molecule has 0 saturated heterocycles. The molecule has 0 bridgehead atoms. The summed E-state index contributed by atoms with van der Waals surface area (Å²) in [4.78, 5) is 4.24. The minimum atomic E-state index is 0.636. The van der Waals surface area contributed by atoms with Gasteiger partial charge >= 0.3 is 0 Å². The number of hydrogen-bond donors (Lipinski definition) is 1. The monoisotopic (exact) mass is 248 g/mol. The van der Waals surface area contributed by atoms with Crippen LogP contribution >= 0.6 is 0 Å². The molecule has 1 aliphatic carbocycles. The van der Waals surface area contributed by atoms with Crippen molar-refractivity contribution in [3.05, 3.63) is 23.9 Å². The van der Waals surface area contributed by atoms with Gasteiger partial charge in [-0.3, -0.25) is 0 Å². The number of nitrogens with zero attached hydrogens (tertiary/aromatic N) is 1. The fraction of sp³-hybridized carbons (Fsp3) is 0.667. The molecule has 0 aliphatic heterocycles. The predicted octanol–water partition coefficient (Wildman–Crippen LogP) is 3.15. The molecule has 3 heteroatoms. The Morgan fingerprint density at radius 3 is 3.00 bits per heavy atom. The summed E-state index contributed by atoms with van der Waals surface area (Å²) in [5, 5.41) is 3.68. The lowest BCUT2D eigenvalue weighted by atomic mass is 9.97. The maximum atomic E-state index is 5.29. The van der Waals surface area contributed by atoms with Gasteiger partial charge in [0.15, 0.2) is 0 Å². The Labute approximate surface area is 110 Å². The molecule has 1 fully saturated rings. The van der Waals surface area contributed by atoms with Gasteiger partial charge in [-0.15, -0.1) is 0 Å². The third-order valence-electron chi connectivity index (χ3n) is 3.96. The lowest BCUT2D eigenvalue weighted by Gasteiger charge is -2.23. The van der Waals surface area contributed by atoms with Crippen LogP contribution in [0.15, 0.2) is 18.3 Å². The number of methoxy groups -OCH3 is 1. The quantitative estimate of drug-likeness (QED) is 0.831. The largest absolute Gasteiger partial charge is 0.481 e. The van der Waals surface area contributed by atoms with Crippen molar-refractivity contribution in [2.24, 2.45) is 5.92 Å². The number of ether oxygens (including phenoxy) is 1. The summed E-state index contributed by atoms with van der Waals surface area (Å²) in [7, 11) is 1.68. The van der Waals surface area contributed by atoms with Crippen LogP contribution < -0.4 is 10.1 Å². The average molecular weight is 248 g/mol. The Hall–Kier alpha value is -1.09. The summed E-state index contributed by atoms with van der Waals surface area (Å²) < 4.78 is 5.29. The van der Waals surface area contributed by atoms with Gasteiger partial charge in [0.2, 0.25) is 5.88 Å². The molecule has 1 N–H and O–H groups in total. The fourth-order valence-corrected chi connectivity index (χ4v) is 2.78. The van der Waals surface area contributed by atoms with Gasteiger partial charge < -0.3 is 10.1 Å². The summed E-state index contributed by atoms with van der Waals surface area (Å²) in [6.07, 6.45) is 8.54. The van der Waals surface area contributed by atoms with Crippen molar-refractivity contribution >= 4 is 0 Å². The van der Waals surface area contributed by atoms with Crippen LogP contribution in [0.2, 0.25) is 0 Å². The van der Waals surface area contributed by atoms with E-state index in [-0.39, 0.29) is 0 Å².